The third-order valence-electron chi connectivity index (χ3n) is 6.91. The number of benzene rings is 2. The molecule has 2 aliphatic heterocycles. The van der Waals surface area contributed by atoms with E-state index in [1.165, 1.54) is 0 Å². The lowest BCUT2D eigenvalue weighted by Crippen LogP contribution is -2.60. The summed E-state index contributed by atoms with van der Waals surface area (Å²) in [5, 5.41) is 101. The number of hydrogen-bond donors (Lipinski definition) is 10. The molecule has 39 heavy (non-hydrogen) atoms. The Hall–Kier alpha value is -3.25. The van der Waals surface area contributed by atoms with Crippen molar-refractivity contribution in [1.82, 2.24) is 0 Å². The van der Waals surface area contributed by atoms with Gasteiger partial charge in [-0.3, -0.25) is 4.79 Å². The van der Waals surface area contributed by atoms with Crippen molar-refractivity contribution in [2.45, 2.75) is 55.1 Å². The molecule has 0 unspecified atom stereocenters. The van der Waals surface area contributed by atoms with Gasteiger partial charge in [-0.2, -0.15) is 0 Å². The molecule has 2 saturated heterocycles. The molecule has 3 aromatic rings. The number of hydrogen-bond acceptors (Lipinski definition) is 15. The summed E-state index contributed by atoms with van der Waals surface area (Å²) in [7, 11) is 0. The Morgan fingerprint density at radius 1 is 0.846 bits per heavy atom. The molecule has 0 aliphatic carbocycles. The molecule has 3 heterocycles. The van der Waals surface area contributed by atoms with Crippen LogP contribution in [0.1, 0.15) is 11.7 Å². The molecule has 2 aliphatic rings. The largest absolute Gasteiger partial charge is 0.507 e. The quantitative estimate of drug-likeness (QED) is 0.148. The van der Waals surface area contributed by atoms with Gasteiger partial charge in [-0.05, 0) is 6.07 Å². The van der Waals surface area contributed by atoms with Crippen LogP contribution in [0.25, 0.3) is 21.9 Å². The van der Waals surface area contributed by atoms with Crippen LogP contribution in [-0.2, 0) is 9.47 Å². The van der Waals surface area contributed by atoms with Crippen molar-refractivity contribution in [3.05, 3.63) is 34.0 Å². The van der Waals surface area contributed by atoms with Gasteiger partial charge in [0.25, 0.3) is 0 Å². The number of fused-ring (bicyclic) bond motifs is 2. The molecule has 0 bridgehead atoms. The van der Waals surface area contributed by atoms with E-state index in [0.29, 0.717) is 0 Å². The Morgan fingerprint density at radius 2 is 1.54 bits per heavy atom. The van der Waals surface area contributed by atoms with Gasteiger partial charge in [0.05, 0.1) is 24.2 Å². The molecule has 2 fully saturated rings. The van der Waals surface area contributed by atoms with Gasteiger partial charge in [-0.1, -0.05) is 0 Å². The normalized spacial score (nSPS) is 33.5. The second-order valence-electron chi connectivity index (χ2n) is 9.40. The van der Waals surface area contributed by atoms with Gasteiger partial charge in [0.2, 0.25) is 11.7 Å². The summed E-state index contributed by atoms with van der Waals surface area (Å²) in [5.74, 6) is -2.52. The minimum Gasteiger partial charge on any atom is -0.507 e. The van der Waals surface area contributed by atoms with Gasteiger partial charge in [0.15, 0.2) is 11.5 Å². The van der Waals surface area contributed by atoms with E-state index in [1.807, 2.05) is 0 Å². The lowest BCUT2D eigenvalue weighted by molar-refractivity contribution is -0.277. The standard InChI is InChI=1S/C24H26O15/c25-4-13-18(31)20(33)22(35)24(39-13)38-11-1-6-10(2-7(11)26)37-12-3-8(27)14(19(32)15(12)16(6)29)23-21(34)17(30)9(28)5-36-23/h1-3,9,13,17-18,20-28,30-35H,4-5H2/t9-,13-,17+,18-,20+,21-,22-,23+,24-/m1/s1. The van der Waals surface area contributed by atoms with E-state index in [2.05, 4.69) is 0 Å². The van der Waals surface area contributed by atoms with Crippen molar-refractivity contribution in [2.75, 3.05) is 13.2 Å². The number of aliphatic hydroxyl groups is 7. The van der Waals surface area contributed by atoms with Crippen LogP contribution >= 0.6 is 0 Å². The zero-order valence-electron chi connectivity index (χ0n) is 19.9. The first kappa shape index (κ1) is 27.3. The van der Waals surface area contributed by atoms with E-state index in [1.54, 1.807) is 0 Å². The van der Waals surface area contributed by atoms with Gasteiger partial charge in [0.1, 0.15) is 76.9 Å². The molecule has 1 aromatic heterocycles. The third-order valence-corrected chi connectivity index (χ3v) is 6.91. The molecule has 9 atom stereocenters. The molecule has 0 radical (unpaired) electrons. The smallest absolute Gasteiger partial charge is 0.229 e. The van der Waals surface area contributed by atoms with Crippen molar-refractivity contribution in [1.29, 1.82) is 0 Å². The molecule has 2 aromatic carbocycles. The van der Waals surface area contributed by atoms with Crippen molar-refractivity contribution in [3.8, 4) is 23.0 Å². The van der Waals surface area contributed by atoms with Crippen LogP contribution in [0.5, 0.6) is 23.0 Å². The van der Waals surface area contributed by atoms with E-state index < -0.39 is 108 Å². The lowest BCUT2D eigenvalue weighted by Gasteiger charge is -2.39. The van der Waals surface area contributed by atoms with Gasteiger partial charge in [0, 0.05) is 12.1 Å². The highest BCUT2D eigenvalue weighted by Gasteiger charge is 2.45. The zero-order chi connectivity index (χ0) is 28.3. The minimum absolute atomic E-state index is 0.204. The van der Waals surface area contributed by atoms with Crippen LogP contribution in [0.15, 0.2) is 27.4 Å². The fraction of sp³-hybridized carbons (Fsp3) is 0.458. The SMILES string of the molecule is O=c1c2cc(O[C@@H]3O[C@H](CO)[C@@H](O)[C@H](O)[C@H]3O)c(O)cc2oc2cc(O)c([C@@H]3OC[C@@H](O)[C@H](O)[C@H]3O)c(O)c12. The van der Waals surface area contributed by atoms with Crippen molar-refractivity contribution >= 4 is 21.9 Å². The van der Waals surface area contributed by atoms with E-state index in [9.17, 15) is 55.9 Å². The lowest BCUT2D eigenvalue weighted by atomic mass is 9.92. The van der Waals surface area contributed by atoms with Crippen LogP contribution in [0, 0.1) is 0 Å². The summed E-state index contributed by atoms with van der Waals surface area (Å²) in [4.78, 5) is 13.4. The maximum atomic E-state index is 13.4. The van der Waals surface area contributed by atoms with Gasteiger partial charge < -0.3 is 69.7 Å². The Kier molecular flexibility index (Phi) is 7.04. The number of ether oxygens (including phenoxy) is 3. The predicted octanol–water partition coefficient (Wildman–Crippen LogP) is -2.60. The summed E-state index contributed by atoms with van der Waals surface area (Å²) >= 11 is 0. The first-order valence-corrected chi connectivity index (χ1v) is 11.8. The molecular formula is C24H26O15. The Balaban J connectivity index is 1.59. The molecule has 10 N–H and O–H groups in total. The van der Waals surface area contributed by atoms with Gasteiger partial charge >= 0.3 is 0 Å². The molecule has 212 valence electrons. The number of aliphatic hydroxyl groups excluding tert-OH is 7. The highest BCUT2D eigenvalue weighted by atomic mass is 16.7. The maximum absolute atomic E-state index is 13.4. The topological polar surface area (TPSA) is 260 Å². The molecule has 15 heteroatoms. The molecule has 15 nitrogen and oxygen atoms in total. The number of aromatic hydroxyl groups is 3. The zero-order valence-corrected chi connectivity index (χ0v) is 19.9. The fourth-order valence-corrected chi connectivity index (χ4v) is 4.74. The summed E-state index contributed by atoms with van der Waals surface area (Å²) in [6, 6.07) is 2.94. The molecule has 5 rings (SSSR count). The van der Waals surface area contributed by atoms with Crippen LogP contribution in [0.4, 0.5) is 0 Å². The van der Waals surface area contributed by atoms with E-state index in [0.717, 1.165) is 18.2 Å². The van der Waals surface area contributed by atoms with Crippen LogP contribution < -0.4 is 10.2 Å². The average molecular weight is 554 g/mol. The van der Waals surface area contributed by atoms with E-state index in [4.69, 9.17) is 18.6 Å². The minimum atomic E-state index is -1.81. The molecule has 0 saturated carbocycles. The molecular weight excluding hydrogens is 528 g/mol. The fourth-order valence-electron chi connectivity index (χ4n) is 4.74. The monoisotopic (exact) mass is 554 g/mol. The van der Waals surface area contributed by atoms with Crippen molar-refractivity contribution in [3.63, 3.8) is 0 Å². The highest BCUT2D eigenvalue weighted by Crippen LogP contribution is 2.44. The first-order valence-electron chi connectivity index (χ1n) is 11.8. The van der Waals surface area contributed by atoms with E-state index in [-0.39, 0.29) is 16.6 Å². The van der Waals surface area contributed by atoms with Crippen molar-refractivity contribution < 1.29 is 69.7 Å². The second-order valence-corrected chi connectivity index (χ2v) is 9.40. The number of phenolic OH excluding ortho intramolecular Hbond substituents is 3. The second kappa shape index (κ2) is 10.1. The van der Waals surface area contributed by atoms with Crippen LogP contribution in [0.3, 0.4) is 0 Å². The number of rotatable bonds is 4. The summed E-state index contributed by atoms with van der Waals surface area (Å²) in [6.45, 7) is -1.17. The average Bonchev–Trinajstić information content (AvgIpc) is 2.89. The summed E-state index contributed by atoms with van der Waals surface area (Å²) < 4.78 is 21.6. The summed E-state index contributed by atoms with van der Waals surface area (Å²) in [5.41, 5.74) is -1.83. The van der Waals surface area contributed by atoms with Crippen LogP contribution in [-0.4, -0.2) is 113 Å². The summed E-state index contributed by atoms with van der Waals surface area (Å²) in [6.07, 6.45) is -14.6. The molecule has 0 spiro atoms. The van der Waals surface area contributed by atoms with Crippen molar-refractivity contribution in [2.24, 2.45) is 0 Å². The van der Waals surface area contributed by atoms with E-state index >= 15 is 0 Å². The third kappa shape index (κ3) is 4.43. The maximum Gasteiger partial charge on any atom is 0.229 e. The Morgan fingerprint density at radius 3 is 2.23 bits per heavy atom. The van der Waals surface area contributed by atoms with Gasteiger partial charge in [-0.15, -0.1) is 0 Å². The van der Waals surface area contributed by atoms with Crippen LogP contribution in [0.2, 0.25) is 0 Å². The predicted molar refractivity (Wildman–Crippen MR) is 126 cm³/mol. The first-order chi connectivity index (χ1) is 18.4. The highest BCUT2D eigenvalue weighted by molar-refractivity contribution is 5.96. The molecule has 0 amide bonds. The Bertz CT molecular complexity index is 1450. The number of phenols is 3. The van der Waals surface area contributed by atoms with Gasteiger partial charge in [-0.25, -0.2) is 0 Å². The Labute approximate surface area is 217 Å².